The molecule has 0 aliphatic rings. The van der Waals surface area contributed by atoms with E-state index in [1.165, 1.54) is 0 Å². The van der Waals surface area contributed by atoms with E-state index in [1.807, 2.05) is 42.5 Å². The molecule has 2 aromatic heterocycles. The number of hydrogen-bond donors (Lipinski definition) is 0. The van der Waals surface area contributed by atoms with Crippen LogP contribution in [0.15, 0.2) is 67.1 Å². The zero-order valence-electron chi connectivity index (χ0n) is 11.1. The van der Waals surface area contributed by atoms with E-state index in [9.17, 15) is 4.79 Å². The van der Waals surface area contributed by atoms with Gasteiger partial charge in [-0.3, -0.25) is 9.20 Å². The lowest BCUT2D eigenvalue weighted by Gasteiger charge is -2.03. The van der Waals surface area contributed by atoms with Crippen molar-refractivity contribution in [1.29, 1.82) is 0 Å². The Morgan fingerprint density at radius 3 is 2.71 bits per heavy atom. The van der Waals surface area contributed by atoms with E-state index in [1.54, 1.807) is 29.1 Å². The maximum atomic E-state index is 12.7. The first-order chi connectivity index (χ1) is 10.3. The number of carbonyl (C=O) groups excluding carboxylic acids is 1. The quantitative estimate of drug-likeness (QED) is 0.527. The fraction of sp³-hybridized carbons (Fsp3) is 0. The van der Waals surface area contributed by atoms with Crippen LogP contribution < -0.4 is 0 Å². The molecule has 4 rings (SSSR count). The van der Waals surface area contributed by atoms with Gasteiger partial charge in [-0.1, -0.05) is 36.4 Å². The lowest BCUT2D eigenvalue weighted by molar-refractivity contribution is 0.103. The van der Waals surface area contributed by atoms with Crippen molar-refractivity contribution >= 4 is 22.3 Å². The van der Waals surface area contributed by atoms with Gasteiger partial charge < -0.3 is 0 Å². The first-order valence-electron chi connectivity index (χ1n) is 6.64. The number of rotatable bonds is 2. The monoisotopic (exact) mass is 273 g/mol. The number of nitrogens with zero attached hydrogens (tertiary/aromatic N) is 3. The highest BCUT2D eigenvalue weighted by molar-refractivity contribution is 6.09. The summed E-state index contributed by atoms with van der Waals surface area (Å²) in [6, 6.07) is 15.5. The van der Waals surface area contributed by atoms with Crippen LogP contribution in [0.4, 0.5) is 0 Å². The number of hydrogen-bond acceptors (Lipinski definition) is 3. The number of benzene rings is 2. The van der Waals surface area contributed by atoms with E-state index in [2.05, 4.69) is 9.97 Å². The van der Waals surface area contributed by atoms with Crippen LogP contribution in [-0.4, -0.2) is 20.2 Å². The highest BCUT2D eigenvalue weighted by atomic mass is 16.1. The lowest BCUT2D eigenvalue weighted by Crippen LogP contribution is -2.05. The van der Waals surface area contributed by atoms with Crippen LogP contribution in [0.3, 0.4) is 0 Å². The van der Waals surface area contributed by atoms with E-state index >= 15 is 0 Å². The van der Waals surface area contributed by atoms with Gasteiger partial charge in [0.05, 0.1) is 6.20 Å². The minimum Gasteiger partial charge on any atom is -0.287 e. The molecule has 2 aromatic carbocycles. The molecule has 0 fully saturated rings. The smallest absolute Gasteiger partial charge is 0.234 e. The maximum Gasteiger partial charge on any atom is 0.234 e. The summed E-state index contributed by atoms with van der Waals surface area (Å²) in [5, 5.41) is 2.17. The van der Waals surface area contributed by atoms with Crippen molar-refractivity contribution in [1.82, 2.24) is 14.4 Å². The van der Waals surface area contributed by atoms with Gasteiger partial charge in [0.25, 0.3) is 0 Å². The van der Waals surface area contributed by atoms with Crippen molar-refractivity contribution in [3.63, 3.8) is 0 Å². The normalized spacial score (nSPS) is 11.0. The number of fused-ring (bicyclic) bond motifs is 2. The van der Waals surface area contributed by atoms with Gasteiger partial charge in [0.1, 0.15) is 5.69 Å². The Kier molecular flexibility index (Phi) is 2.54. The summed E-state index contributed by atoms with van der Waals surface area (Å²) in [4.78, 5) is 21.0. The molecule has 0 spiro atoms. The molecule has 4 nitrogen and oxygen atoms in total. The summed E-state index contributed by atoms with van der Waals surface area (Å²) in [5.41, 5.74) is 1.17. The van der Waals surface area contributed by atoms with Crippen LogP contribution in [-0.2, 0) is 0 Å². The summed E-state index contributed by atoms with van der Waals surface area (Å²) < 4.78 is 1.71. The van der Waals surface area contributed by atoms with Crippen molar-refractivity contribution in [2.45, 2.75) is 0 Å². The summed E-state index contributed by atoms with van der Waals surface area (Å²) in [5.74, 6) is 0.475. The molecule has 0 amide bonds. The Labute approximate surface area is 120 Å². The molecule has 100 valence electrons. The first-order valence-corrected chi connectivity index (χ1v) is 6.64. The molecule has 0 saturated heterocycles. The topological polar surface area (TPSA) is 47.3 Å². The second kappa shape index (κ2) is 4.52. The van der Waals surface area contributed by atoms with E-state index in [0.29, 0.717) is 17.0 Å². The fourth-order valence-corrected chi connectivity index (χ4v) is 2.47. The van der Waals surface area contributed by atoms with E-state index < -0.39 is 0 Å². The minimum atomic E-state index is -0.0544. The lowest BCUT2D eigenvalue weighted by atomic mass is 10.0. The predicted molar refractivity (Wildman–Crippen MR) is 80.4 cm³/mol. The molecular weight excluding hydrogens is 262 g/mol. The Bertz CT molecular complexity index is 972. The van der Waals surface area contributed by atoms with Gasteiger partial charge in [-0.25, -0.2) is 9.97 Å². The van der Waals surface area contributed by atoms with Crippen LogP contribution in [0.2, 0.25) is 0 Å². The average Bonchev–Trinajstić information content (AvgIpc) is 2.98. The largest absolute Gasteiger partial charge is 0.287 e. The van der Waals surface area contributed by atoms with Crippen molar-refractivity contribution < 1.29 is 4.79 Å². The van der Waals surface area contributed by atoms with Crippen LogP contribution >= 0.6 is 0 Å². The van der Waals surface area contributed by atoms with Crippen molar-refractivity contribution in [3.8, 4) is 0 Å². The summed E-state index contributed by atoms with van der Waals surface area (Å²) in [7, 11) is 0. The van der Waals surface area contributed by atoms with Crippen molar-refractivity contribution in [3.05, 3.63) is 78.4 Å². The van der Waals surface area contributed by atoms with Gasteiger partial charge in [-0.2, -0.15) is 0 Å². The minimum absolute atomic E-state index is 0.0544. The van der Waals surface area contributed by atoms with Gasteiger partial charge in [-0.05, 0) is 22.9 Å². The van der Waals surface area contributed by atoms with Gasteiger partial charge in [0.2, 0.25) is 11.6 Å². The molecule has 4 aromatic rings. The highest BCUT2D eigenvalue weighted by Crippen LogP contribution is 2.18. The molecule has 4 heteroatoms. The molecule has 0 saturated carbocycles. The molecular formula is C17H11N3O. The summed E-state index contributed by atoms with van der Waals surface area (Å²) in [6.07, 6.45) is 5.02. The predicted octanol–water partition coefficient (Wildman–Crippen LogP) is 3.11. The van der Waals surface area contributed by atoms with Gasteiger partial charge in [-0.15, -0.1) is 0 Å². The second-order valence-corrected chi connectivity index (χ2v) is 4.82. The van der Waals surface area contributed by atoms with E-state index in [4.69, 9.17) is 0 Å². The third kappa shape index (κ3) is 1.89. The second-order valence-electron chi connectivity index (χ2n) is 4.82. The maximum absolute atomic E-state index is 12.7. The standard InChI is InChI=1S/C17H11N3O/c21-16(15-11-19-17-18-8-3-9-20(15)17)14-7-6-12-4-1-2-5-13(12)10-14/h1-11H. The Morgan fingerprint density at radius 2 is 1.81 bits per heavy atom. The summed E-state index contributed by atoms with van der Waals surface area (Å²) in [6.45, 7) is 0. The van der Waals surface area contributed by atoms with Crippen molar-refractivity contribution in [2.75, 3.05) is 0 Å². The SMILES string of the molecule is O=C(c1ccc2ccccc2c1)c1cnc2ncccn12. The van der Waals surface area contributed by atoms with Gasteiger partial charge in [0, 0.05) is 18.0 Å². The molecule has 2 heterocycles. The Morgan fingerprint density at radius 1 is 0.952 bits per heavy atom. The fourth-order valence-electron chi connectivity index (χ4n) is 2.47. The van der Waals surface area contributed by atoms with Crippen LogP contribution in [0, 0.1) is 0 Å². The third-order valence-corrected chi connectivity index (χ3v) is 3.53. The molecule has 0 N–H and O–H groups in total. The molecule has 0 radical (unpaired) electrons. The molecule has 0 atom stereocenters. The van der Waals surface area contributed by atoms with E-state index in [-0.39, 0.29) is 5.78 Å². The van der Waals surface area contributed by atoms with Crippen LogP contribution in [0.5, 0.6) is 0 Å². The highest BCUT2D eigenvalue weighted by Gasteiger charge is 2.14. The first kappa shape index (κ1) is 11.8. The Hall–Kier alpha value is -3.01. The number of imidazole rings is 1. The molecule has 0 unspecified atom stereocenters. The Balaban J connectivity index is 1.86. The van der Waals surface area contributed by atoms with Gasteiger partial charge >= 0.3 is 0 Å². The molecule has 0 aliphatic heterocycles. The molecule has 21 heavy (non-hydrogen) atoms. The third-order valence-electron chi connectivity index (χ3n) is 3.53. The number of ketones is 1. The van der Waals surface area contributed by atoms with E-state index in [0.717, 1.165) is 10.8 Å². The summed E-state index contributed by atoms with van der Waals surface area (Å²) >= 11 is 0. The van der Waals surface area contributed by atoms with Crippen molar-refractivity contribution in [2.24, 2.45) is 0 Å². The zero-order chi connectivity index (χ0) is 14.2. The van der Waals surface area contributed by atoms with Crippen LogP contribution in [0.1, 0.15) is 16.1 Å². The molecule has 0 bridgehead atoms. The zero-order valence-corrected chi connectivity index (χ0v) is 11.1. The van der Waals surface area contributed by atoms with Crippen LogP contribution in [0.25, 0.3) is 16.6 Å². The average molecular weight is 273 g/mol. The molecule has 0 aliphatic carbocycles. The number of carbonyl (C=O) groups is 1. The van der Waals surface area contributed by atoms with Gasteiger partial charge in [0.15, 0.2) is 0 Å². The number of aromatic nitrogens is 3.